The molecule has 0 saturated carbocycles. The van der Waals surface area contributed by atoms with Gasteiger partial charge in [-0.2, -0.15) is 0 Å². The fraction of sp³-hybridized carbons (Fsp3) is 0.0526. The van der Waals surface area contributed by atoms with Crippen LogP contribution in [-0.2, 0) is 0 Å². The molecular weight excluding hydrogens is 320 g/mol. The Hall–Kier alpha value is -3.54. The molecule has 0 amide bonds. The smallest absolute Gasteiger partial charge is 0.214 e. The number of methoxy groups -OCH3 is 1. The van der Waals surface area contributed by atoms with Gasteiger partial charge in [0.1, 0.15) is 17.2 Å². The Kier molecular flexibility index (Phi) is 3.32. The second kappa shape index (κ2) is 5.52. The number of aromatic amines is 1. The molecule has 25 heavy (non-hydrogen) atoms. The molecule has 3 N–H and O–H groups in total. The van der Waals surface area contributed by atoms with Gasteiger partial charge in [0.25, 0.3) is 0 Å². The number of pyridine rings is 1. The van der Waals surface area contributed by atoms with E-state index in [0.29, 0.717) is 17.0 Å². The second-order valence-electron chi connectivity index (χ2n) is 5.67. The van der Waals surface area contributed by atoms with Crippen LogP contribution in [0.5, 0.6) is 17.4 Å². The maximum absolute atomic E-state index is 12.9. The Morgan fingerprint density at radius 2 is 1.72 bits per heavy atom. The summed E-state index contributed by atoms with van der Waals surface area (Å²) in [7, 11) is 1.48. The highest BCUT2D eigenvalue weighted by Crippen LogP contribution is 2.32. The summed E-state index contributed by atoms with van der Waals surface area (Å²) in [4.78, 5) is 20.4. The lowest BCUT2D eigenvalue weighted by atomic mass is 10.1. The van der Waals surface area contributed by atoms with Crippen molar-refractivity contribution < 1.29 is 19.7 Å². The van der Waals surface area contributed by atoms with Crippen LogP contribution >= 0.6 is 0 Å². The van der Waals surface area contributed by atoms with Gasteiger partial charge in [-0.05, 0) is 42.5 Å². The van der Waals surface area contributed by atoms with E-state index in [2.05, 4.69) is 9.97 Å². The number of H-pyrrole nitrogens is 1. The summed E-state index contributed by atoms with van der Waals surface area (Å²) in [6, 6.07) is 12.7. The lowest BCUT2D eigenvalue weighted by Gasteiger charge is -2.06. The van der Waals surface area contributed by atoms with Crippen molar-refractivity contribution in [3.05, 3.63) is 59.8 Å². The van der Waals surface area contributed by atoms with Gasteiger partial charge in [-0.25, -0.2) is 4.98 Å². The van der Waals surface area contributed by atoms with Gasteiger partial charge in [0.05, 0.1) is 12.6 Å². The number of hydrogen-bond acceptors (Lipinski definition) is 5. The molecule has 0 unspecified atom stereocenters. The first-order valence-electron chi connectivity index (χ1n) is 7.60. The van der Waals surface area contributed by atoms with E-state index in [1.807, 2.05) is 0 Å². The summed E-state index contributed by atoms with van der Waals surface area (Å²) in [5.41, 5.74) is 1.97. The number of aromatic nitrogens is 2. The number of phenols is 2. The lowest BCUT2D eigenvalue weighted by Crippen LogP contribution is -2.06. The van der Waals surface area contributed by atoms with Crippen LogP contribution in [0.1, 0.15) is 16.1 Å². The number of fused-ring (bicyclic) bond motifs is 3. The van der Waals surface area contributed by atoms with E-state index in [4.69, 9.17) is 4.74 Å². The summed E-state index contributed by atoms with van der Waals surface area (Å²) >= 11 is 0. The molecule has 4 aromatic rings. The highest BCUT2D eigenvalue weighted by Gasteiger charge is 2.19. The van der Waals surface area contributed by atoms with Gasteiger partial charge in [-0.15, -0.1) is 0 Å². The predicted molar refractivity (Wildman–Crippen MR) is 93.4 cm³/mol. The summed E-state index contributed by atoms with van der Waals surface area (Å²) in [5, 5.41) is 20.7. The highest BCUT2D eigenvalue weighted by molar-refractivity contribution is 6.19. The maximum Gasteiger partial charge on any atom is 0.214 e. The molecule has 124 valence electrons. The number of rotatable bonds is 3. The van der Waals surface area contributed by atoms with Gasteiger partial charge < -0.3 is 19.9 Å². The molecule has 0 aliphatic heterocycles. The summed E-state index contributed by atoms with van der Waals surface area (Å²) < 4.78 is 5.24. The number of ether oxygens (including phenoxy) is 1. The Morgan fingerprint density at radius 3 is 2.44 bits per heavy atom. The fourth-order valence-electron chi connectivity index (χ4n) is 2.88. The van der Waals surface area contributed by atoms with Crippen molar-refractivity contribution in [1.82, 2.24) is 9.97 Å². The van der Waals surface area contributed by atoms with Gasteiger partial charge in [-0.1, -0.05) is 0 Å². The summed E-state index contributed by atoms with van der Waals surface area (Å²) in [5.74, 6) is 0.232. The number of aromatic hydroxyl groups is 2. The van der Waals surface area contributed by atoms with Crippen LogP contribution in [0.3, 0.4) is 0 Å². The second-order valence-corrected chi connectivity index (χ2v) is 5.67. The van der Waals surface area contributed by atoms with Crippen LogP contribution in [0.25, 0.3) is 21.8 Å². The van der Waals surface area contributed by atoms with Gasteiger partial charge in [0.15, 0.2) is 0 Å². The first kappa shape index (κ1) is 15.0. The van der Waals surface area contributed by atoms with E-state index in [1.54, 1.807) is 36.4 Å². The lowest BCUT2D eigenvalue weighted by molar-refractivity contribution is 0.103. The molecule has 2 aromatic carbocycles. The topological polar surface area (TPSA) is 95.4 Å². The quantitative estimate of drug-likeness (QED) is 0.499. The van der Waals surface area contributed by atoms with Crippen LogP contribution in [0, 0.1) is 0 Å². The molecule has 0 fully saturated rings. The monoisotopic (exact) mass is 334 g/mol. The Labute approximate surface area is 142 Å². The average Bonchev–Trinajstić information content (AvgIpc) is 2.98. The van der Waals surface area contributed by atoms with Gasteiger partial charge in [0.2, 0.25) is 11.7 Å². The van der Waals surface area contributed by atoms with Gasteiger partial charge in [0, 0.05) is 27.9 Å². The van der Waals surface area contributed by atoms with Crippen LogP contribution < -0.4 is 4.74 Å². The van der Waals surface area contributed by atoms with E-state index in [-0.39, 0.29) is 23.0 Å². The van der Waals surface area contributed by atoms with Crippen LogP contribution in [0.4, 0.5) is 0 Å². The molecule has 0 radical (unpaired) electrons. The molecule has 0 saturated heterocycles. The number of nitrogens with zero attached hydrogens (tertiary/aromatic N) is 1. The Morgan fingerprint density at radius 1 is 1.00 bits per heavy atom. The zero-order chi connectivity index (χ0) is 17.6. The van der Waals surface area contributed by atoms with Gasteiger partial charge >= 0.3 is 0 Å². The first-order valence-corrected chi connectivity index (χ1v) is 7.60. The van der Waals surface area contributed by atoms with Crippen LogP contribution in [-0.4, -0.2) is 33.1 Å². The molecule has 2 aromatic heterocycles. The number of benzene rings is 2. The van der Waals surface area contributed by atoms with E-state index < -0.39 is 0 Å². The average molecular weight is 334 g/mol. The third-order valence-electron chi connectivity index (χ3n) is 4.10. The molecule has 0 aliphatic rings. The van der Waals surface area contributed by atoms with Crippen LogP contribution in [0.15, 0.2) is 48.5 Å². The first-order chi connectivity index (χ1) is 12.1. The molecule has 2 heterocycles. The van der Waals surface area contributed by atoms with Crippen molar-refractivity contribution >= 4 is 27.6 Å². The van der Waals surface area contributed by atoms with Crippen molar-refractivity contribution in [2.24, 2.45) is 0 Å². The summed E-state index contributed by atoms with van der Waals surface area (Å²) in [6.07, 6.45) is 0. The number of carbonyl (C=O) groups excluding carboxylic acids is 1. The molecule has 0 atom stereocenters. The predicted octanol–water partition coefficient (Wildman–Crippen LogP) is 3.37. The third-order valence-corrected chi connectivity index (χ3v) is 4.10. The van der Waals surface area contributed by atoms with E-state index >= 15 is 0 Å². The third kappa shape index (κ3) is 2.44. The Bertz CT molecular complexity index is 1110. The number of hydrogen-bond donors (Lipinski definition) is 3. The minimum absolute atomic E-state index is 0.0846. The minimum Gasteiger partial charge on any atom is -0.508 e. The van der Waals surface area contributed by atoms with Crippen molar-refractivity contribution in [2.75, 3.05) is 7.11 Å². The van der Waals surface area contributed by atoms with Crippen molar-refractivity contribution in [1.29, 1.82) is 0 Å². The van der Waals surface area contributed by atoms with E-state index in [9.17, 15) is 15.0 Å². The number of phenolic OH excluding ortho intramolecular Hbond substituents is 2. The molecular formula is C19H14N2O4. The zero-order valence-corrected chi connectivity index (χ0v) is 13.3. The van der Waals surface area contributed by atoms with Crippen molar-refractivity contribution in [3.8, 4) is 17.4 Å². The molecule has 6 heteroatoms. The van der Waals surface area contributed by atoms with E-state index in [0.717, 1.165) is 16.3 Å². The molecule has 4 rings (SSSR count). The molecule has 0 bridgehead atoms. The maximum atomic E-state index is 12.9. The number of ketones is 1. The van der Waals surface area contributed by atoms with Crippen LogP contribution in [0.2, 0.25) is 0 Å². The van der Waals surface area contributed by atoms with Gasteiger partial charge in [-0.3, -0.25) is 4.79 Å². The normalized spacial score (nSPS) is 11.1. The standard InChI is InChI=1S/C19H14N2O4/c1-25-16-9-14-13-8-12(23)6-7-15(13)20-17(14)18(21-16)19(24)10-2-4-11(22)5-3-10/h2-9,20,22-23H,1H3. The SMILES string of the molecule is COc1cc2c([nH]c3ccc(O)cc32)c(C(=O)c2ccc(O)cc2)n1. The van der Waals surface area contributed by atoms with Crippen molar-refractivity contribution in [3.63, 3.8) is 0 Å². The van der Waals surface area contributed by atoms with E-state index in [1.165, 1.54) is 19.2 Å². The Balaban J connectivity index is 2.00. The highest BCUT2D eigenvalue weighted by atomic mass is 16.5. The summed E-state index contributed by atoms with van der Waals surface area (Å²) in [6.45, 7) is 0. The van der Waals surface area contributed by atoms with Crippen molar-refractivity contribution in [2.45, 2.75) is 0 Å². The molecule has 0 aliphatic carbocycles. The number of nitrogens with one attached hydrogen (secondary N) is 1. The largest absolute Gasteiger partial charge is 0.508 e. The minimum atomic E-state index is -0.292. The molecule has 6 nitrogen and oxygen atoms in total. The fourth-order valence-corrected chi connectivity index (χ4v) is 2.88. The number of carbonyl (C=O) groups is 1. The molecule has 0 spiro atoms. The zero-order valence-electron chi connectivity index (χ0n) is 13.3.